The van der Waals surface area contributed by atoms with Gasteiger partial charge in [0.1, 0.15) is 0 Å². The molecular formula is C7H9F5N2. The number of hydrogen-bond donors (Lipinski definition) is 1. The van der Waals surface area contributed by atoms with Gasteiger partial charge in [-0.1, -0.05) is 0 Å². The number of allylic oxidation sites excluding steroid dienone is 1. The van der Waals surface area contributed by atoms with E-state index < -0.39 is 18.0 Å². The first kappa shape index (κ1) is 11.2. The minimum atomic E-state index is -5.24. The van der Waals surface area contributed by atoms with E-state index in [-0.39, 0.29) is 13.1 Å². The minimum absolute atomic E-state index is 0.0370. The van der Waals surface area contributed by atoms with Crippen LogP contribution in [0.15, 0.2) is 11.8 Å². The molecule has 0 amide bonds. The van der Waals surface area contributed by atoms with Gasteiger partial charge < -0.3 is 10.2 Å². The van der Waals surface area contributed by atoms with E-state index in [1.54, 1.807) is 0 Å². The Hall–Kier alpha value is -0.850. The summed E-state index contributed by atoms with van der Waals surface area (Å²) < 4.78 is 60.5. The van der Waals surface area contributed by atoms with Gasteiger partial charge in [0.15, 0.2) is 0 Å². The van der Waals surface area contributed by atoms with Crippen molar-refractivity contribution in [2.45, 2.75) is 6.18 Å². The van der Waals surface area contributed by atoms with Crippen molar-refractivity contribution in [3.63, 3.8) is 0 Å². The molecule has 82 valence electrons. The lowest BCUT2D eigenvalue weighted by atomic mass is 10.3. The number of halogens is 5. The molecule has 1 saturated heterocycles. The summed E-state index contributed by atoms with van der Waals surface area (Å²) in [6, 6.07) is 0. The Morgan fingerprint density at radius 1 is 1.07 bits per heavy atom. The Morgan fingerprint density at radius 3 is 2.00 bits per heavy atom. The van der Waals surface area contributed by atoms with Crippen LogP contribution in [0.4, 0.5) is 22.0 Å². The van der Waals surface area contributed by atoms with Crippen LogP contribution in [0, 0.1) is 0 Å². The molecule has 1 N–H and O–H groups in total. The second-order valence-corrected chi connectivity index (χ2v) is 2.84. The zero-order valence-electron chi connectivity index (χ0n) is 7.17. The summed E-state index contributed by atoms with van der Waals surface area (Å²) in [5, 5.41) is 2.81. The number of rotatable bonds is 1. The van der Waals surface area contributed by atoms with Crippen LogP contribution in [0.25, 0.3) is 0 Å². The van der Waals surface area contributed by atoms with Gasteiger partial charge in [-0.05, 0) is 0 Å². The fraction of sp³-hybridized carbons (Fsp3) is 0.714. The molecule has 2 nitrogen and oxygen atoms in total. The molecule has 1 fully saturated rings. The molecule has 14 heavy (non-hydrogen) atoms. The van der Waals surface area contributed by atoms with Gasteiger partial charge >= 0.3 is 6.18 Å². The molecule has 1 rings (SSSR count). The molecule has 1 heterocycles. The van der Waals surface area contributed by atoms with E-state index in [0.717, 1.165) is 4.90 Å². The van der Waals surface area contributed by atoms with Crippen molar-refractivity contribution in [1.82, 2.24) is 10.2 Å². The lowest BCUT2D eigenvalue weighted by Gasteiger charge is -2.27. The fourth-order valence-electron chi connectivity index (χ4n) is 1.12. The second kappa shape index (κ2) is 4.12. The highest BCUT2D eigenvalue weighted by molar-refractivity contribution is 5.05. The highest BCUT2D eigenvalue weighted by Crippen LogP contribution is 2.31. The molecule has 0 aromatic heterocycles. The molecule has 0 saturated carbocycles. The third-order valence-electron chi connectivity index (χ3n) is 1.82. The van der Waals surface area contributed by atoms with Gasteiger partial charge in [0.25, 0.3) is 5.83 Å². The van der Waals surface area contributed by atoms with Gasteiger partial charge in [0.2, 0.25) is 5.95 Å². The van der Waals surface area contributed by atoms with Crippen molar-refractivity contribution >= 4 is 0 Å². The molecule has 1 aliphatic heterocycles. The third kappa shape index (κ3) is 2.57. The number of piperazine rings is 1. The molecule has 0 atom stereocenters. The van der Waals surface area contributed by atoms with Crippen LogP contribution < -0.4 is 5.32 Å². The standard InChI is InChI=1S/C7H9F5N2/c8-5(7(10,11)12)6(9)14-3-1-13-2-4-14/h13H,1-4H2/b6-5-. The lowest BCUT2D eigenvalue weighted by molar-refractivity contribution is -0.113. The number of hydrogen-bond acceptors (Lipinski definition) is 2. The molecule has 0 aromatic rings. The normalized spacial score (nSPS) is 20.8. The average Bonchev–Trinajstić information content (AvgIpc) is 2.15. The highest BCUT2D eigenvalue weighted by atomic mass is 19.4. The molecule has 7 heteroatoms. The maximum absolute atomic E-state index is 12.9. The number of alkyl halides is 3. The van der Waals surface area contributed by atoms with E-state index in [9.17, 15) is 22.0 Å². The molecule has 0 unspecified atom stereocenters. The van der Waals surface area contributed by atoms with Crippen LogP contribution in [0.1, 0.15) is 0 Å². The maximum Gasteiger partial charge on any atom is 0.447 e. The van der Waals surface area contributed by atoms with Gasteiger partial charge in [-0.25, -0.2) is 0 Å². The SMILES string of the molecule is F/C(=C(/F)C(F)(F)F)N1CCNCC1. The Balaban J connectivity index is 2.74. The molecule has 0 aromatic carbocycles. The molecule has 0 bridgehead atoms. The Labute approximate surface area is 77.4 Å². The first-order chi connectivity index (χ1) is 6.43. The Bertz CT molecular complexity index is 229. The van der Waals surface area contributed by atoms with Crippen molar-refractivity contribution in [3.05, 3.63) is 11.8 Å². The third-order valence-corrected chi connectivity index (χ3v) is 1.82. The monoisotopic (exact) mass is 216 g/mol. The Kier molecular flexibility index (Phi) is 3.30. The molecule has 0 spiro atoms. The summed E-state index contributed by atoms with van der Waals surface area (Å²) >= 11 is 0. The van der Waals surface area contributed by atoms with E-state index in [1.807, 2.05) is 0 Å². The van der Waals surface area contributed by atoms with Crippen LogP contribution in [0.3, 0.4) is 0 Å². The first-order valence-electron chi connectivity index (χ1n) is 4.01. The van der Waals surface area contributed by atoms with Crippen molar-refractivity contribution < 1.29 is 22.0 Å². The van der Waals surface area contributed by atoms with Gasteiger partial charge in [-0.2, -0.15) is 22.0 Å². The number of nitrogens with one attached hydrogen (secondary N) is 1. The molecular weight excluding hydrogens is 207 g/mol. The fourth-order valence-corrected chi connectivity index (χ4v) is 1.12. The Morgan fingerprint density at radius 2 is 1.57 bits per heavy atom. The van der Waals surface area contributed by atoms with Crippen LogP contribution in [0.2, 0.25) is 0 Å². The minimum Gasteiger partial charge on any atom is -0.344 e. The van der Waals surface area contributed by atoms with Crippen LogP contribution in [0.5, 0.6) is 0 Å². The van der Waals surface area contributed by atoms with Crippen LogP contribution >= 0.6 is 0 Å². The number of nitrogens with zero attached hydrogens (tertiary/aromatic N) is 1. The van der Waals surface area contributed by atoms with Crippen molar-refractivity contribution in [2.75, 3.05) is 26.2 Å². The molecule has 1 aliphatic rings. The summed E-state index contributed by atoms with van der Waals surface area (Å²) in [6.07, 6.45) is -5.24. The average molecular weight is 216 g/mol. The zero-order chi connectivity index (χ0) is 10.8. The highest BCUT2D eigenvalue weighted by Gasteiger charge is 2.39. The van der Waals surface area contributed by atoms with Gasteiger partial charge in [-0.3, -0.25) is 0 Å². The first-order valence-corrected chi connectivity index (χ1v) is 4.01. The van der Waals surface area contributed by atoms with E-state index in [0.29, 0.717) is 13.1 Å². The van der Waals surface area contributed by atoms with Gasteiger partial charge in [0, 0.05) is 26.2 Å². The second-order valence-electron chi connectivity index (χ2n) is 2.84. The van der Waals surface area contributed by atoms with Crippen molar-refractivity contribution in [1.29, 1.82) is 0 Å². The van der Waals surface area contributed by atoms with Gasteiger partial charge in [0.05, 0.1) is 0 Å². The largest absolute Gasteiger partial charge is 0.447 e. The van der Waals surface area contributed by atoms with E-state index >= 15 is 0 Å². The quantitative estimate of drug-likeness (QED) is 0.528. The van der Waals surface area contributed by atoms with Crippen LogP contribution in [-0.2, 0) is 0 Å². The predicted octanol–water partition coefficient (Wildman–Crippen LogP) is 1.56. The van der Waals surface area contributed by atoms with E-state index in [1.165, 1.54) is 0 Å². The lowest BCUT2D eigenvalue weighted by Crippen LogP contribution is -2.42. The van der Waals surface area contributed by atoms with Crippen LogP contribution in [-0.4, -0.2) is 37.3 Å². The van der Waals surface area contributed by atoms with E-state index in [2.05, 4.69) is 5.32 Å². The summed E-state index contributed by atoms with van der Waals surface area (Å²) in [4.78, 5) is 0.735. The van der Waals surface area contributed by atoms with Crippen molar-refractivity contribution in [2.24, 2.45) is 0 Å². The predicted molar refractivity (Wildman–Crippen MR) is 39.7 cm³/mol. The van der Waals surface area contributed by atoms with Gasteiger partial charge in [-0.15, -0.1) is 0 Å². The molecule has 0 aliphatic carbocycles. The summed E-state index contributed by atoms with van der Waals surface area (Å²) in [7, 11) is 0. The van der Waals surface area contributed by atoms with Crippen molar-refractivity contribution in [3.8, 4) is 0 Å². The summed E-state index contributed by atoms with van der Waals surface area (Å²) in [6.45, 7) is 0.766. The molecule has 0 radical (unpaired) electrons. The zero-order valence-corrected chi connectivity index (χ0v) is 7.17. The van der Waals surface area contributed by atoms with E-state index in [4.69, 9.17) is 0 Å². The smallest absolute Gasteiger partial charge is 0.344 e. The summed E-state index contributed by atoms with van der Waals surface area (Å²) in [5.41, 5.74) is 0. The summed E-state index contributed by atoms with van der Waals surface area (Å²) in [5.74, 6) is -4.47. The topological polar surface area (TPSA) is 15.3 Å². The maximum atomic E-state index is 12.9.